The molecule has 1 aromatic carbocycles. The molecule has 100 valence electrons. The topological polar surface area (TPSA) is 73.8 Å². The Kier molecular flexibility index (Phi) is 2.47. The third-order valence-electron chi connectivity index (χ3n) is 3.85. The van der Waals surface area contributed by atoms with Crippen molar-refractivity contribution in [2.75, 3.05) is 6.54 Å². The third-order valence-corrected chi connectivity index (χ3v) is 3.85. The van der Waals surface area contributed by atoms with Gasteiger partial charge in [0.25, 0.3) is 0 Å². The zero-order valence-corrected chi connectivity index (χ0v) is 10.8. The second kappa shape index (κ2) is 4.31. The van der Waals surface area contributed by atoms with Crippen molar-refractivity contribution in [3.63, 3.8) is 0 Å². The molecule has 5 nitrogen and oxygen atoms in total. The summed E-state index contributed by atoms with van der Waals surface area (Å²) in [7, 11) is 0. The predicted molar refractivity (Wildman–Crippen MR) is 75.5 cm³/mol. The minimum absolute atomic E-state index is 0.0782. The number of benzene rings is 1. The molecule has 0 spiro atoms. The van der Waals surface area contributed by atoms with Crippen LogP contribution < -0.4 is 5.32 Å². The molecule has 3 heterocycles. The molecule has 0 bridgehead atoms. The van der Waals surface area contributed by atoms with E-state index in [0.717, 1.165) is 35.1 Å². The maximum atomic E-state index is 9.68. The number of H-pyrrole nitrogens is 1. The van der Waals surface area contributed by atoms with Crippen LogP contribution >= 0.6 is 0 Å². The molecule has 5 heteroatoms. The molecule has 1 unspecified atom stereocenters. The third kappa shape index (κ3) is 1.67. The van der Waals surface area contributed by atoms with Crippen LogP contribution in [0.5, 0.6) is 5.75 Å². The first-order valence-electron chi connectivity index (χ1n) is 6.64. The van der Waals surface area contributed by atoms with E-state index in [1.807, 2.05) is 24.5 Å². The molecule has 0 fully saturated rings. The smallest absolute Gasteiger partial charge is 0.116 e. The van der Waals surface area contributed by atoms with Crippen molar-refractivity contribution in [2.45, 2.75) is 12.5 Å². The average Bonchev–Trinajstić information content (AvgIpc) is 2.86. The highest BCUT2D eigenvalue weighted by Gasteiger charge is 2.25. The Balaban J connectivity index is 1.91. The number of hydrogen-bond acceptors (Lipinski definition) is 4. The van der Waals surface area contributed by atoms with Gasteiger partial charge in [0.2, 0.25) is 0 Å². The molecule has 3 N–H and O–H groups in total. The van der Waals surface area contributed by atoms with Gasteiger partial charge >= 0.3 is 0 Å². The fourth-order valence-electron chi connectivity index (χ4n) is 2.96. The Morgan fingerprint density at radius 2 is 2.05 bits per heavy atom. The highest BCUT2D eigenvalue weighted by Crippen LogP contribution is 2.34. The van der Waals surface area contributed by atoms with Gasteiger partial charge in [0.1, 0.15) is 12.1 Å². The molecule has 1 atom stereocenters. The molecule has 2 aromatic heterocycles. The highest BCUT2D eigenvalue weighted by atomic mass is 16.3. The van der Waals surface area contributed by atoms with Gasteiger partial charge in [-0.2, -0.15) is 0 Å². The van der Waals surface area contributed by atoms with E-state index in [2.05, 4.69) is 20.3 Å². The normalized spacial score (nSPS) is 18.1. The van der Waals surface area contributed by atoms with E-state index in [9.17, 15) is 5.11 Å². The number of hydrogen-bond donors (Lipinski definition) is 3. The molecule has 0 saturated carbocycles. The SMILES string of the molecule is Oc1ccc2[nH]c3c(c2c1)CCNC3c1cncnc1. The van der Waals surface area contributed by atoms with Gasteiger partial charge < -0.3 is 15.4 Å². The zero-order chi connectivity index (χ0) is 13.5. The predicted octanol–water partition coefficient (Wildman–Crippen LogP) is 1.90. The molecule has 20 heavy (non-hydrogen) atoms. The van der Waals surface area contributed by atoms with Gasteiger partial charge in [-0.25, -0.2) is 9.97 Å². The molecule has 1 aliphatic heterocycles. The lowest BCUT2D eigenvalue weighted by atomic mass is 9.96. The standard InChI is InChI=1S/C15H14N4O/c20-10-1-2-13-12(5-10)11-3-4-18-14(15(11)19-13)9-6-16-8-17-7-9/h1-2,5-8,14,18-20H,3-4H2. The maximum absolute atomic E-state index is 9.68. The van der Waals surface area contributed by atoms with Crippen LogP contribution in [0, 0.1) is 0 Å². The number of rotatable bonds is 1. The van der Waals surface area contributed by atoms with Crippen LogP contribution in [0.3, 0.4) is 0 Å². The monoisotopic (exact) mass is 266 g/mol. The Hall–Kier alpha value is -2.40. The lowest BCUT2D eigenvalue weighted by Crippen LogP contribution is -2.30. The Morgan fingerprint density at radius 1 is 1.20 bits per heavy atom. The van der Waals surface area contributed by atoms with Crippen molar-refractivity contribution < 1.29 is 5.11 Å². The van der Waals surface area contributed by atoms with E-state index in [1.54, 1.807) is 6.07 Å². The number of aromatic hydroxyl groups is 1. The Morgan fingerprint density at radius 3 is 2.90 bits per heavy atom. The lowest BCUT2D eigenvalue weighted by molar-refractivity contribution is 0.476. The van der Waals surface area contributed by atoms with Gasteiger partial charge in [-0.3, -0.25) is 0 Å². The molecule has 3 aromatic rings. The molecular formula is C15H14N4O. The number of nitrogens with zero attached hydrogens (tertiary/aromatic N) is 2. The maximum Gasteiger partial charge on any atom is 0.116 e. The van der Waals surface area contributed by atoms with Gasteiger partial charge in [-0.05, 0) is 30.2 Å². The number of fused-ring (bicyclic) bond motifs is 3. The van der Waals surface area contributed by atoms with Crippen molar-refractivity contribution >= 4 is 10.9 Å². The molecule has 0 amide bonds. The average molecular weight is 266 g/mol. The van der Waals surface area contributed by atoms with Gasteiger partial charge in [-0.1, -0.05) is 0 Å². The quantitative estimate of drug-likeness (QED) is 0.629. The first-order chi connectivity index (χ1) is 9.83. The summed E-state index contributed by atoms with van der Waals surface area (Å²) in [5, 5.41) is 14.3. The summed E-state index contributed by atoms with van der Waals surface area (Å²) in [6.07, 6.45) is 6.16. The summed E-state index contributed by atoms with van der Waals surface area (Å²) in [5.41, 5.74) is 4.51. The van der Waals surface area contributed by atoms with Crippen LogP contribution in [-0.4, -0.2) is 26.6 Å². The van der Waals surface area contributed by atoms with Crippen molar-refractivity contribution in [3.05, 3.63) is 53.7 Å². The van der Waals surface area contributed by atoms with Gasteiger partial charge in [-0.15, -0.1) is 0 Å². The van der Waals surface area contributed by atoms with E-state index >= 15 is 0 Å². The molecule has 1 aliphatic rings. The summed E-state index contributed by atoms with van der Waals surface area (Å²) in [6.45, 7) is 0.898. The van der Waals surface area contributed by atoms with Gasteiger partial charge in [0.05, 0.1) is 6.04 Å². The summed E-state index contributed by atoms with van der Waals surface area (Å²) in [4.78, 5) is 11.7. The van der Waals surface area contributed by atoms with Crippen LogP contribution in [-0.2, 0) is 6.42 Å². The Labute approximate surface area is 115 Å². The number of aromatic nitrogens is 3. The van der Waals surface area contributed by atoms with Crippen molar-refractivity contribution in [3.8, 4) is 5.75 Å². The van der Waals surface area contributed by atoms with Crippen LogP contribution in [0.15, 0.2) is 36.9 Å². The second-order valence-corrected chi connectivity index (χ2v) is 5.06. The number of phenolic OH excluding ortho intramolecular Hbond substituents is 1. The fraction of sp³-hybridized carbons (Fsp3) is 0.200. The van der Waals surface area contributed by atoms with E-state index in [0.29, 0.717) is 5.75 Å². The molecule has 4 rings (SSSR count). The molecular weight excluding hydrogens is 252 g/mol. The van der Waals surface area contributed by atoms with E-state index in [-0.39, 0.29) is 6.04 Å². The van der Waals surface area contributed by atoms with E-state index in [4.69, 9.17) is 0 Å². The summed E-state index contributed by atoms with van der Waals surface area (Å²) < 4.78 is 0. The van der Waals surface area contributed by atoms with Gasteiger partial charge in [0, 0.05) is 41.1 Å². The van der Waals surface area contributed by atoms with E-state index in [1.165, 1.54) is 11.9 Å². The first kappa shape index (κ1) is 11.4. The van der Waals surface area contributed by atoms with Crippen LogP contribution in [0.2, 0.25) is 0 Å². The fourth-order valence-corrected chi connectivity index (χ4v) is 2.96. The summed E-state index contributed by atoms with van der Waals surface area (Å²) >= 11 is 0. The van der Waals surface area contributed by atoms with Crippen molar-refractivity contribution in [2.24, 2.45) is 0 Å². The molecule has 0 aliphatic carbocycles. The van der Waals surface area contributed by atoms with Crippen LogP contribution in [0.25, 0.3) is 10.9 Å². The zero-order valence-electron chi connectivity index (χ0n) is 10.8. The van der Waals surface area contributed by atoms with E-state index < -0.39 is 0 Å². The molecule has 0 radical (unpaired) electrons. The molecule has 0 saturated heterocycles. The largest absolute Gasteiger partial charge is 0.508 e. The van der Waals surface area contributed by atoms with Crippen molar-refractivity contribution in [1.82, 2.24) is 20.3 Å². The summed E-state index contributed by atoms with van der Waals surface area (Å²) in [6, 6.07) is 5.53. The first-order valence-corrected chi connectivity index (χ1v) is 6.64. The lowest BCUT2D eigenvalue weighted by Gasteiger charge is -2.24. The summed E-state index contributed by atoms with van der Waals surface area (Å²) in [5.74, 6) is 0.303. The number of phenols is 1. The van der Waals surface area contributed by atoms with Crippen molar-refractivity contribution in [1.29, 1.82) is 0 Å². The number of aromatic amines is 1. The van der Waals surface area contributed by atoms with Gasteiger partial charge in [0.15, 0.2) is 0 Å². The number of nitrogens with one attached hydrogen (secondary N) is 2. The minimum Gasteiger partial charge on any atom is -0.508 e. The minimum atomic E-state index is 0.0782. The Bertz CT molecular complexity index is 766. The van der Waals surface area contributed by atoms with Crippen LogP contribution in [0.1, 0.15) is 22.9 Å². The second-order valence-electron chi connectivity index (χ2n) is 5.06. The van der Waals surface area contributed by atoms with Crippen LogP contribution in [0.4, 0.5) is 0 Å². The highest BCUT2D eigenvalue weighted by molar-refractivity contribution is 5.86.